The molecule has 2 aliphatic rings. The van der Waals surface area contributed by atoms with Gasteiger partial charge >= 0.3 is 5.97 Å². The fourth-order valence-electron chi connectivity index (χ4n) is 4.61. The van der Waals surface area contributed by atoms with Crippen LogP contribution >= 0.6 is 0 Å². The Kier molecular flexibility index (Phi) is 9.97. The number of amides is 1. The highest BCUT2D eigenvalue weighted by Gasteiger charge is 2.63. The van der Waals surface area contributed by atoms with E-state index in [0.29, 0.717) is 12.8 Å². The summed E-state index contributed by atoms with van der Waals surface area (Å²) >= 11 is 0. The molecule has 14 nitrogen and oxygen atoms in total. The normalized spacial score (nSPS) is 40.6. The van der Waals surface area contributed by atoms with Crippen molar-refractivity contribution in [2.24, 2.45) is 16.9 Å². The number of carbonyl (C=O) groups excluding carboxylic acids is 1. The fraction of sp³-hybridized carbons (Fsp3) is 0.917. The first kappa shape index (κ1) is 32.8. The third kappa shape index (κ3) is 6.14. The standard InChI is InChI=1S/C24H45N3O11/c1-8-21(4,5)23(25)18(27-11(3)29)16(13(30)12(10-28)35-23)37-24(26)19(32)14(31)15(17(38-24)20(33)34)36-22(6,7)9-2/h12-19,28,30-32H,8-10,25-26H2,1-7H3,(H,27,29)(H,33,34). The molecule has 0 saturated carbocycles. The first-order chi connectivity index (χ1) is 17.3. The Morgan fingerprint density at radius 2 is 1.58 bits per heavy atom. The van der Waals surface area contributed by atoms with E-state index in [-0.39, 0.29) is 0 Å². The summed E-state index contributed by atoms with van der Waals surface area (Å²) in [6.07, 6.45) is -11.1. The second-order valence-electron chi connectivity index (χ2n) is 11.3. The lowest BCUT2D eigenvalue weighted by Crippen LogP contribution is -2.80. The summed E-state index contributed by atoms with van der Waals surface area (Å²) in [6, 6.07) is -1.32. The Hall–Kier alpha value is -1.46. The van der Waals surface area contributed by atoms with Crippen molar-refractivity contribution in [3.05, 3.63) is 0 Å². The van der Waals surface area contributed by atoms with Crippen LogP contribution in [-0.4, -0.2) is 110 Å². The third-order valence-corrected chi connectivity index (χ3v) is 7.89. The minimum atomic E-state index is -2.71. The Balaban J connectivity index is 2.57. The van der Waals surface area contributed by atoms with E-state index < -0.39 is 89.9 Å². The summed E-state index contributed by atoms with van der Waals surface area (Å²) < 4.78 is 23.1. The van der Waals surface area contributed by atoms with Crippen LogP contribution in [0.3, 0.4) is 0 Å². The molecule has 10 unspecified atom stereocenters. The van der Waals surface area contributed by atoms with Crippen molar-refractivity contribution in [2.45, 2.75) is 127 Å². The first-order valence-corrected chi connectivity index (χ1v) is 12.7. The van der Waals surface area contributed by atoms with Gasteiger partial charge in [-0.1, -0.05) is 27.7 Å². The van der Waals surface area contributed by atoms with E-state index in [2.05, 4.69) is 5.32 Å². The zero-order valence-corrected chi connectivity index (χ0v) is 23.1. The lowest BCUT2D eigenvalue weighted by atomic mass is 9.70. The molecule has 10 atom stereocenters. The Morgan fingerprint density at radius 1 is 1.00 bits per heavy atom. The number of aliphatic hydroxyl groups excluding tert-OH is 4. The van der Waals surface area contributed by atoms with Crippen molar-refractivity contribution in [1.29, 1.82) is 0 Å². The maximum Gasteiger partial charge on any atom is 0.335 e. The molecule has 2 rings (SSSR count). The Labute approximate surface area is 222 Å². The number of nitrogens with two attached hydrogens (primary N) is 2. The van der Waals surface area contributed by atoms with Crippen LogP contribution in [0.2, 0.25) is 0 Å². The van der Waals surface area contributed by atoms with Crippen LogP contribution in [-0.2, 0) is 28.5 Å². The van der Waals surface area contributed by atoms with Crippen molar-refractivity contribution in [3.8, 4) is 0 Å². The van der Waals surface area contributed by atoms with Crippen LogP contribution in [0, 0.1) is 5.41 Å². The van der Waals surface area contributed by atoms with Gasteiger partial charge in [-0.15, -0.1) is 0 Å². The van der Waals surface area contributed by atoms with Gasteiger partial charge in [0.2, 0.25) is 5.91 Å². The van der Waals surface area contributed by atoms with Crippen LogP contribution in [0.15, 0.2) is 0 Å². The van der Waals surface area contributed by atoms with Crippen LogP contribution in [0.25, 0.3) is 0 Å². The van der Waals surface area contributed by atoms with E-state index in [1.54, 1.807) is 34.6 Å². The number of hydrogen-bond donors (Lipinski definition) is 8. The molecule has 2 heterocycles. The summed E-state index contributed by atoms with van der Waals surface area (Å²) in [4.78, 5) is 24.3. The highest BCUT2D eigenvalue weighted by molar-refractivity contribution is 5.74. The average molecular weight is 552 g/mol. The molecule has 14 heteroatoms. The molecule has 10 N–H and O–H groups in total. The van der Waals surface area contributed by atoms with Crippen LogP contribution in [0.4, 0.5) is 0 Å². The van der Waals surface area contributed by atoms with Gasteiger partial charge in [0.1, 0.15) is 42.3 Å². The van der Waals surface area contributed by atoms with Gasteiger partial charge in [0.25, 0.3) is 5.91 Å². The van der Waals surface area contributed by atoms with E-state index in [9.17, 15) is 35.1 Å². The predicted octanol–water partition coefficient (Wildman–Crippen LogP) is -1.89. The molecule has 2 saturated heterocycles. The molecule has 2 aliphatic heterocycles. The molecule has 0 radical (unpaired) electrons. The molecule has 2 fully saturated rings. The minimum Gasteiger partial charge on any atom is -0.479 e. The van der Waals surface area contributed by atoms with E-state index in [1.807, 2.05) is 6.92 Å². The van der Waals surface area contributed by atoms with Gasteiger partial charge in [-0.2, -0.15) is 0 Å². The molecular formula is C24H45N3O11. The van der Waals surface area contributed by atoms with E-state index >= 15 is 0 Å². The Morgan fingerprint density at radius 3 is 2.03 bits per heavy atom. The number of carboxylic acids is 1. The summed E-state index contributed by atoms with van der Waals surface area (Å²) in [5.41, 5.74) is 9.44. The average Bonchev–Trinajstić information content (AvgIpc) is 2.83. The van der Waals surface area contributed by atoms with Crippen LogP contribution in [0.1, 0.15) is 61.3 Å². The van der Waals surface area contributed by atoms with Crippen molar-refractivity contribution < 1.29 is 54.1 Å². The van der Waals surface area contributed by atoms with E-state index in [1.165, 1.54) is 6.92 Å². The quantitative estimate of drug-likeness (QED) is 0.139. The highest BCUT2D eigenvalue weighted by Crippen LogP contribution is 2.44. The number of nitrogens with one attached hydrogen (secondary N) is 1. The summed E-state index contributed by atoms with van der Waals surface area (Å²) in [7, 11) is 0. The van der Waals surface area contributed by atoms with Gasteiger partial charge in [0, 0.05) is 12.3 Å². The van der Waals surface area contributed by atoms with Gasteiger partial charge in [-0.3, -0.25) is 10.5 Å². The molecule has 38 heavy (non-hydrogen) atoms. The number of aliphatic hydroxyl groups is 4. The third-order valence-electron chi connectivity index (χ3n) is 7.89. The number of ether oxygens (including phenoxy) is 4. The monoisotopic (exact) mass is 551 g/mol. The second kappa shape index (κ2) is 11.6. The maximum absolute atomic E-state index is 12.2. The Bertz CT molecular complexity index is 858. The molecule has 1 amide bonds. The number of carboxylic acid groups (broad SMARTS) is 1. The minimum absolute atomic E-state index is 0.430. The fourth-order valence-corrected chi connectivity index (χ4v) is 4.61. The summed E-state index contributed by atoms with van der Waals surface area (Å²) in [6.45, 7) is 11.0. The van der Waals surface area contributed by atoms with Gasteiger partial charge < -0.3 is 55.5 Å². The first-order valence-electron chi connectivity index (χ1n) is 12.7. The molecular weight excluding hydrogens is 506 g/mol. The van der Waals surface area contributed by atoms with Crippen LogP contribution < -0.4 is 16.8 Å². The number of hydrogen-bond acceptors (Lipinski definition) is 12. The van der Waals surface area contributed by atoms with Gasteiger partial charge in [0.15, 0.2) is 12.2 Å². The zero-order chi connectivity index (χ0) is 29.4. The van der Waals surface area contributed by atoms with Gasteiger partial charge in [0.05, 0.1) is 12.2 Å². The largest absolute Gasteiger partial charge is 0.479 e. The van der Waals surface area contributed by atoms with Crippen molar-refractivity contribution in [2.75, 3.05) is 6.61 Å². The molecule has 0 bridgehead atoms. The summed E-state index contributed by atoms with van der Waals surface area (Å²) in [5.74, 6) is -4.83. The molecule has 0 aliphatic carbocycles. The van der Waals surface area contributed by atoms with Gasteiger partial charge in [-0.05, 0) is 26.7 Å². The predicted molar refractivity (Wildman–Crippen MR) is 132 cm³/mol. The smallest absolute Gasteiger partial charge is 0.335 e. The second-order valence-corrected chi connectivity index (χ2v) is 11.3. The molecule has 222 valence electrons. The van der Waals surface area contributed by atoms with Gasteiger partial charge in [-0.25, -0.2) is 4.79 Å². The maximum atomic E-state index is 12.2. The molecule has 0 aromatic rings. The number of carbonyl (C=O) groups is 2. The zero-order valence-electron chi connectivity index (χ0n) is 23.1. The number of aliphatic carboxylic acids is 1. The number of rotatable bonds is 10. The topological polar surface area (TPSA) is 236 Å². The summed E-state index contributed by atoms with van der Waals surface area (Å²) in [5, 5.41) is 55.4. The SMILES string of the molecule is CCC(C)(C)OC1C(C(=O)O)OC(N)(OC2C(O)C(CO)OC(N)(C(C)(C)CC)C2NC(C)=O)C(O)C1O. The van der Waals surface area contributed by atoms with Crippen molar-refractivity contribution in [3.63, 3.8) is 0 Å². The van der Waals surface area contributed by atoms with E-state index in [4.69, 9.17) is 30.4 Å². The molecule has 0 aromatic carbocycles. The lowest BCUT2D eigenvalue weighted by Gasteiger charge is -2.58. The van der Waals surface area contributed by atoms with E-state index in [0.717, 1.165) is 0 Å². The molecule has 0 aromatic heterocycles. The van der Waals surface area contributed by atoms with Crippen LogP contribution in [0.5, 0.6) is 0 Å². The van der Waals surface area contributed by atoms with Crippen molar-refractivity contribution >= 4 is 11.9 Å². The lowest BCUT2D eigenvalue weighted by molar-refractivity contribution is -0.395. The van der Waals surface area contributed by atoms with Crippen molar-refractivity contribution in [1.82, 2.24) is 5.32 Å². The highest BCUT2D eigenvalue weighted by atomic mass is 16.8. The molecule has 0 spiro atoms.